The highest BCUT2D eigenvalue weighted by atomic mass is 19.3. The molecule has 5 nitrogen and oxygen atoms in total. The first-order valence-electron chi connectivity index (χ1n) is 5.87. The Morgan fingerprint density at radius 1 is 1.33 bits per heavy atom. The predicted molar refractivity (Wildman–Crippen MR) is 63.0 cm³/mol. The van der Waals surface area contributed by atoms with E-state index in [1.165, 1.54) is 0 Å². The van der Waals surface area contributed by atoms with E-state index in [0.29, 0.717) is 6.07 Å². The van der Waals surface area contributed by atoms with Crippen LogP contribution < -0.4 is 10.2 Å². The van der Waals surface area contributed by atoms with Gasteiger partial charge < -0.3 is 10.1 Å². The van der Waals surface area contributed by atoms with Gasteiger partial charge in [-0.05, 0) is 12.1 Å². The maximum Gasteiger partial charge on any atom is 0.414 e. The van der Waals surface area contributed by atoms with Crippen LogP contribution in [0.4, 0.5) is 28.0 Å². The molecular formula is C12H10F4N2O3. The van der Waals surface area contributed by atoms with Gasteiger partial charge in [-0.3, -0.25) is 9.69 Å². The Balaban J connectivity index is 2.01. The molecule has 1 aromatic carbocycles. The summed E-state index contributed by atoms with van der Waals surface area (Å²) < 4.78 is 55.0. The van der Waals surface area contributed by atoms with E-state index in [1.807, 2.05) is 5.32 Å². The summed E-state index contributed by atoms with van der Waals surface area (Å²) in [6.07, 6.45) is -4.93. The summed E-state index contributed by atoms with van der Waals surface area (Å²) in [5.41, 5.74) is -0.0554. The normalized spacial score (nSPS) is 18.0. The van der Waals surface area contributed by atoms with E-state index in [-0.39, 0.29) is 18.8 Å². The Labute approximate surface area is 116 Å². The lowest BCUT2D eigenvalue weighted by Gasteiger charge is -2.13. The third kappa shape index (κ3) is 3.61. The molecule has 0 bridgehead atoms. The number of cyclic esters (lactones) is 1. The van der Waals surface area contributed by atoms with Crippen LogP contribution in [0.5, 0.6) is 0 Å². The van der Waals surface area contributed by atoms with Crippen LogP contribution in [0.15, 0.2) is 18.2 Å². The highest BCUT2D eigenvalue weighted by Gasteiger charge is 2.33. The van der Waals surface area contributed by atoms with Gasteiger partial charge in [-0.25, -0.2) is 13.6 Å². The van der Waals surface area contributed by atoms with Crippen molar-refractivity contribution in [3.63, 3.8) is 0 Å². The second-order valence-corrected chi connectivity index (χ2v) is 4.29. The maximum atomic E-state index is 13.1. The van der Waals surface area contributed by atoms with E-state index in [4.69, 9.17) is 4.74 Å². The molecule has 1 N–H and O–H groups in total. The van der Waals surface area contributed by atoms with Crippen LogP contribution in [0.2, 0.25) is 0 Å². The third-order valence-electron chi connectivity index (χ3n) is 2.74. The Morgan fingerprint density at radius 2 is 1.95 bits per heavy atom. The summed E-state index contributed by atoms with van der Waals surface area (Å²) in [6, 6.07) is 2.51. The quantitative estimate of drug-likeness (QED) is 0.861. The zero-order valence-corrected chi connectivity index (χ0v) is 10.5. The molecule has 1 heterocycles. The van der Waals surface area contributed by atoms with Crippen molar-refractivity contribution < 1.29 is 31.9 Å². The molecule has 9 heteroatoms. The standard InChI is InChI=1S/C12H10F4N2O3/c13-6-1-7(14)3-8(2-6)18-5-9(21-12(18)20)4-17-11(19)10(15)16/h1-3,9-10H,4-5H2,(H,17,19). The van der Waals surface area contributed by atoms with Crippen molar-refractivity contribution in [2.75, 3.05) is 18.0 Å². The van der Waals surface area contributed by atoms with Gasteiger partial charge in [0.05, 0.1) is 18.8 Å². The molecule has 114 valence electrons. The van der Waals surface area contributed by atoms with E-state index >= 15 is 0 Å². The van der Waals surface area contributed by atoms with Crippen LogP contribution in [0, 0.1) is 11.6 Å². The number of hydrogen-bond acceptors (Lipinski definition) is 3. The van der Waals surface area contributed by atoms with E-state index in [0.717, 1.165) is 17.0 Å². The van der Waals surface area contributed by atoms with Crippen molar-refractivity contribution in [1.82, 2.24) is 5.32 Å². The molecule has 2 rings (SSSR count). The molecule has 0 spiro atoms. The van der Waals surface area contributed by atoms with Gasteiger partial charge in [-0.2, -0.15) is 8.78 Å². The predicted octanol–water partition coefficient (Wildman–Crippen LogP) is 1.67. The molecule has 0 aromatic heterocycles. The Bertz CT molecular complexity index is 547. The Hall–Kier alpha value is -2.32. The van der Waals surface area contributed by atoms with Gasteiger partial charge in [0.25, 0.3) is 5.91 Å². The molecule has 2 amide bonds. The molecular weight excluding hydrogens is 296 g/mol. The molecule has 1 unspecified atom stereocenters. The van der Waals surface area contributed by atoms with E-state index in [1.54, 1.807) is 0 Å². The largest absolute Gasteiger partial charge is 0.442 e. The van der Waals surface area contributed by atoms with Crippen LogP contribution in [-0.2, 0) is 9.53 Å². The summed E-state index contributed by atoms with van der Waals surface area (Å²) in [5, 5.41) is 1.90. The van der Waals surface area contributed by atoms with Crippen LogP contribution in [0.1, 0.15) is 0 Å². The first kappa shape index (κ1) is 15.1. The minimum Gasteiger partial charge on any atom is -0.442 e. The Morgan fingerprint density at radius 3 is 2.52 bits per heavy atom. The monoisotopic (exact) mass is 306 g/mol. The molecule has 1 saturated heterocycles. The van der Waals surface area contributed by atoms with Gasteiger partial charge in [0, 0.05) is 6.07 Å². The van der Waals surface area contributed by atoms with Crippen molar-refractivity contribution in [3.8, 4) is 0 Å². The van der Waals surface area contributed by atoms with Gasteiger partial charge >= 0.3 is 12.5 Å². The number of nitrogens with one attached hydrogen (secondary N) is 1. The van der Waals surface area contributed by atoms with Crippen LogP contribution >= 0.6 is 0 Å². The van der Waals surface area contributed by atoms with Crippen molar-refractivity contribution in [2.45, 2.75) is 12.5 Å². The molecule has 21 heavy (non-hydrogen) atoms. The van der Waals surface area contributed by atoms with Crippen molar-refractivity contribution in [1.29, 1.82) is 0 Å². The van der Waals surface area contributed by atoms with Crippen molar-refractivity contribution in [2.24, 2.45) is 0 Å². The second kappa shape index (κ2) is 5.98. The zero-order chi connectivity index (χ0) is 15.6. The second-order valence-electron chi connectivity index (χ2n) is 4.29. The number of amides is 2. The van der Waals surface area contributed by atoms with E-state index < -0.39 is 36.2 Å². The maximum absolute atomic E-state index is 13.1. The van der Waals surface area contributed by atoms with Crippen LogP contribution in [-0.4, -0.2) is 37.6 Å². The van der Waals surface area contributed by atoms with Crippen LogP contribution in [0.25, 0.3) is 0 Å². The smallest absolute Gasteiger partial charge is 0.414 e. The molecule has 1 fully saturated rings. The third-order valence-corrected chi connectivity index (χ3v) is 2.74. The number of nitrogens with zero attached hydrogens (tertiary/aromatic N) is 1. The molecule has 0 aliphatic carbocycles. The number of ether oxygens (including phenoxy) is 1. The summed E-state index contributed by atoms with van der Waals surface area (Å²) in [6.45, 7) is -0.436. The summed E-state index contributed by atoms with van der Waals surface area (Å²) in [4.78, 5) is 23.2. The van der Waals surface area contributed by atoms with Crippen molar-refractivity contribution in [3.05, 3.63) is 29.8 Å². The average molecular weight is 306 g/mol. The number of hydrogen-bond donors (Lipinski definition) is 1. The zero-order valence-electron chi connectivity index (χ0n) is 10.5. The van der Waals surface area contributed by atoms with E-state index in [9.17, 15) is 27.2 Å². The fourth-order valence-corrected chi connectivity index (χ4v) is 1.83. The molecule has 1 aliphatic rings. The summed E-state index contributed by atoms with van der Waals surface area (Å²) in [7, 11) is 0. The number of carbonyl (C=O) groups excluding carboxylic acids is 2. The summed E-state index contributed by atoms with van der Waals surface area (Å²) >= 11 is 0. The molecule has 0 radical (unpaired) electrons. The van der Waals surface area contributed by atoms with Crippen molar-refractivity contribution >= 4 is 17.7 Å². The highest BCUT2D eigenvalue weighted by Crippen LogP contribution is 2.23. The number of benzene rings is 1. The first-order chi connectivity index (χ1) is 9.86. The minimum atomic E-state index is -3.17. The van der Waals surface area contributed by atoms with Gasteiger partial charge in [0.1, 0.15) is 17.7 Å². The average Bonchev–Trinajstić information content (AvgIpc) is 2.76. The lowest BCUT2D eigenvalue weighted by molar-refractivity contribution is -0.132. The lowest BCUT2D eigenvalue weighted by Crippen LogP contribution is -2.37. The molecule has 1 aromatic rings. The Kier molecular flexibility index (Phi) is 4.29. The summed E-state index contributed by atoms with van der Waals surface area (Å²) in [5.74, 6) is -3.22. The molecule has 1 aliphatic heterocycles. The first-order valence-corrected chi connectivity index (χ1v) is 5.87. The molecule has 0 saturated carbocycles. The number of halogens is 4. The number of carbonyl (C=O) groups is 2. The van der Waals surface area contributed by atoms with Gasteiger partial charge in [-0.15, -0.1) is 0 Å². The van der Waals surface area contributed by atoms with Gasteiger partial charge in [-0.1, -0.05) is 0 Å². The topological polar surface area (TPSA) is 58.6 Å². The van der Waals surface area contributed by atoms with Gasteiger partial charge in [0.15, 0.2) is 0 Å². The lowest BCUT2D eigenvalue weighted by atomic mass is 10.2. The van der Waals surface area contributed by atoms with E-state index in [2.05, 4.69) is 0 Å². The minimum absolute atomic E-state index is 0.0554. The SMILES string of the molecule is O=C(NCC1CN(c2cc(F)cc(F)c2)C(=O)O1)C(F)F. The fourth-order valence-electron chi connectivity index (χ4n) is 1.83. The molecule has 1 atom stereocenters. The van der Waals surface area contributed by atoms with Gasteiger partial charge in [0.2, 0.25) is 0 Å². The number of alkyl halides is 2. The number of rotatable bonds is 4. The highest BCUT2D eigenvalue weighted by molar-refractivity contribution is 5.89. The fraction of sp³-hybridized carbons (Fsp3) is 0.333. The van der Waals surface area contributed by atoms with Crippen LogP contribution in [0.3, 0.4) is 0 Å². The number of anilines is 1.